The van der Waals surface area contributed by atoms with E-state index in [1.54, 1.807) is 0 Å². The second kappa shape index (κ2) is 8.00. The van der Waals surface area contributed by atoms with Crippen molar-refractivity contribution in [3.63, 3.8) is 0 Å². The Kier molecular flexibility index (Phi) is 5.98. The highest BCUT2D eigenvalue weighted by Gasteiger charge is 2.37. The van der Waals surface area contributed by atoms with Crippen molar-refractivity contribution in [3.8, 4) is 16.9 Å². The minimum Gasteiger partial charge on any atom is -0.406 e. The largest absolute Gasteiger partial charge is 0.573 e. The van der Waals surface area contributed by atoms with Gasteiger partial charge in [-0.2, -0.15) is 0 Å². The third-order valence-electron chi connectivity index (χ3n) is 5.85. The quantitative estimate of drug-likeness (QED) is 0.457. The second-order valence-corrected chi connectivity index (χ2v) is 9.14. The van der Waals surface area contributed by atoms with Gasteiger partial charge in [-0.1, -0.05) is 52.3 Å². The van der Waals surface area contributed by atoms with Gasteiger partial charge in [-0.25, -0.2) is 4.39 Å². The smallest absolute Gasteiger partial charge is 0.406 e. The van der Waals surface area contributed by atoms with Gasteiger partial charge in [0.25, 0.3) is 0 Å². The fourth-order valence-electron chi connectivity index (χ4n) is 4.56. The van der Waals surface area contributed by atoms with Crippen LogP contribution in [0.1, 0.15) is 64.0 Å². The molecule has 3 rings (SSSR count). The summed E-state index contributed by atoms with van der Waals surface area (Å²) in [6.45, 7) is 8.71. The van der Waals surface area contributed by atoms with Crippen molar-refractivity contribution in [1.29, 1.82) is 0 Å². The van der Waals surface area contributed by atoms with Crippen LogP contribution in [0, 0.1) is 17.2 Å². The highest BCUT2D eigenvalue weighted by Crippen LogP contribution is 2.51. The average Bonchev–Trinajstić information content (AvgIpc) is 2.94. The molecule has 2 aromatic carbocycles. The van der Waals surface area contributed by atoms with Crippen LogP contribution in [0.25, 0.3) is 11.1 Å². The molecule has 0 bridgehead atoms. The van der Waals surface area contributed by atoms with Crippen LogP contribution in [0.4, 0.5) is 17.6 Å². The van der Waals surface area contributed by atoms with Crippen LogP contribution in [-0.2, 0) is 6.42 Å². The number of benzene rings is 2. The molecule has 5 heteroatoms. The molecule has 1 aliphatic rings. The molecule has 158 valence electrons. The normalized spacial score (nSPS) is 19.0. The molecular weight excluding hydrogens is 380 g/mol. The lowest BCUT2D eigenvalue weighted by Gasteiger charge is -2.30. The van der Waals surface area contributed by atoms with E-state index < -0.39 is 17.9 Å². The third-order valence-corrected chi connectivity index (χ3v) is 5.85. The molecule has 1 saturated carbocycles. The van der Waals surface area contributed by atoms with Crippen molar-refractivity contribution in [3.05, 3.63) is 53.3 Å². The van der Waals surface area contributed by atoms with Gasteiger partial charge in [0, 0.05) is 5.56 Å². The first-order valence-electron chi connectivity index (χ1n) is 10.1. The molecule has 0 saturated heterocycles. The molecule has 0 aliphatic heterocycles. The van der Waals surface area contributed by atoms with E-state index in [0.717, 1.165) is 49.4 Å². The molecule has 0 N–H and O–H groups in total. The predicted molar refractivity (Wildman–Crippen MR) is 107 cm³/mol. The molecular formula is C24H28F4O. The fourth-order valence-corrected chi connectivity index (χ4v) is 4.56. The van der Waals surface area contributed by atoms with E-state index >= 15 is 0 Å². The number of halogens is 4. The topological polar surface area (TPSA) is 9.23 Å². The van der Waals surface area contributed by atoms with Gasteiger partial charge in [0.05, 0.1) is 0 Å². The monoisotopic (exact) mass is 408 g/mol. The summed E-state index contributed by atoms with van der Waals surface area (Å²) < 4.78 is 56.7. The minimum atomic E-state index is -4.81. The molecule has 1 atom stereocenters. The summed E-state index contributed by atoms with van der Waals surface area (Å²) in [4.78, 5) is 0. The zero-order valence-corrected chi connectivity index (χ0v) is 17.4. The number of rotatable bonds is 5. The van der Waals surface area contributed by atoms with Gasteiger partial charge >= 0.3 is 6.36 Å². The Labute approximate surface area is 170 Å². The van der Waals surface area contributed by atoms with E-state index in [0.29, 0.717) is 11.5 Å². The first-order chi connectivity index (χ1) is 13.5. The van der Waals surface area contributed by atoms with E-state index in [1.165, 1.54) is 5.56 Å². The van der Waals surface area contributed by atoms with Gasteiger partial charge in [0.15, 0.2) is 0 Å². The lowest BCUT2D eigenvalue weighted by molar-refractivity contribution is -0.274. The van der Waals surface area contributed by atoms with Crippen molar-refractivity contribution in [2.75, 3.05) is 0 Å². The molecule has 29 heavy (non-hydrogen) atoms. The average molecular weight is 408 g/mol. The standard InChI is InChI=1S/C24H28F4O/c1-15(2)12-16-7-9-18(19(13-16)21-6-5-11-23(21,3)4)20-14-17(8-10-22(20)25)29-24(26,27)28/h7-10,13-15,21H,5-6,11-12H2,1-4H3/t21-/m0/s1. The van der Waals surface area contributed by atoms with Gasteiger partial charge < -0.3 is 4.74 Å². The Morgan fingerprint density at radius 3 is 2.38 bits per heavy atom. The summed E-state index contributed by atoms with van der Waals surface area (Å²) in [5.41, 5.74) is 3.06. The molecule has 0 amide bonds. The molecule has 0 radical (unpaired) electrons. The van der Waals surface area contributed by atoms with Gasteiger partial charge in [0.1, 0.15) is 11.6 Å². The second-order valence-electron chi connectivity index (χ2n) is 9.14. The highest BCUT2D eigenvalue weighted by atomic mass is 19.4. The Balaban J connectivity index is 2.12. The zero-order chi connectivity index (χ0) is 21.4. The number of ether oxygens (including phenoxy) is 1. The summed E-state index contributed by atoms with van der Waals surface area (Å²) in [5, 5.41) is 0. The predicted octanol–water partition coefficient (Wildman–Crippen LogP) is 7.88. The van der Waals surface area contributed by atoms with E-state index in [9.17, 15) is 17.6 Å². The number of alkyl halides is 3. The molecule has 0 unspecified atom stereocenters. The maximum absolute atomic E-state index is 14.7. The lowest BCUT2D eigenvalue weighted by atomic mass is 9.75. The summed E-state index contributed by atoms with van der Waals surface area (Å²) in [7, 11) is 0. The van der Waals surface area contributed by atoms with Crippen LogP contribution in [0.5, 0.6) is 5.75 Å². The Hall–Kier alpha value is -2.04. The van der Waals surface area contributed by atoms with Gasteiger partial charge in [0.2, 0.25) is 0 Å². The number of hydrogen-bond acceptors (Lipinski definition) is 1. The van der Waals surface area contributed by atoms with Crippen LogP contribution in [0.2, 0.25) is 0 Å². The summed E-state index contributed by atoms with van der Waals surface area (Å²) in [6, 6.07) is 9.16. The Morgan fingerprint density at radius 1 is 1.07 bits per heavy atom. The van der Waals surface area contributed by atoms with Crippen LogP contribution in [-0.4, -0.2) is 6.36 Å². The van der Waals surface area contributed by atoms with E-state index in [-0.39, 0.29) is 16.9 Å². The molecule has 0 spiro atoms. The van der Waals surface area contributed by atoms with Crippen molar-refractivity contribution < 1.29 is 22.3 Å². The Morgan fingerprint density at radius 2 is 1.79 bits per heavy atom. The number of hydrogen-bond donors (Lipinski definition) is 0. The highest BCUT2D eigenvalue weighted by molar-refractivity contribution is 5.71. The minimum absolute atomic E-state index is 0.0573. The molecule has 1 fully saturated rings. The van der Waals surface area contributed by atoms with Crippen molar-refractivity contribution in [2.24, 2.45) is 11.3 Å². The van der Waals surface area contributed by atoms with E-state index in [4.69, 9.17) is 0 Å². The van der Waals surface area contributed by atoms with Crippen LogP contribution in [0.15, 0.2) is 36.4 Å². The van der Waals surface area contributed by atoms with Crippen LogP contribution in [0.3, 0.4) is 0 Å². The molecule has 1 aliphatic carbocycles. The lowest BCUT2D eigenvalue weighted by Crippen LogP contribution is -2.18. The maximum Gasteiger partial charge on any atom is 0.573 e. The first-order valence-corrected chi connectivity index (χ1v) is 10.1. The van der Waals surface area contributed by atoms with Gasteiger partial charge in [-0.15, -0.1) is 13.2 Å². The summed E-state index contributed by atoms with van der Waals surface area (Å²) in [6.07, 6.45) is -0.755. The summed E-state index contributed by atoms with van der Waals surface area (Å²) in [5.74, 6) is -0.244. The van der Waals surface area contributed by atoms with Crippen molar-refractivity contribution in [1.82, 2.24) is 0 Å². The summed E-state index contributed by atoms with van der Waals surface area (Å²) >= 11 is 0. The first kappa shape index (κ1) is 21.7. The van der Waals surface area contributed by atoms with Crippen molar-refractivity contribution in [2.45, 2.75) is 65.7 Å². The third kappa shape index (κ3) is 5.12. The van der Waals surface area contributed by atoms with Crippen LogP contribution < -0.4 is 4.74 Å². The van der Waals surface area contributed by atoms with Crippen LogP contribution >= 0.6 is 0 Å². The molecule has 2 aromatic rings. The van der Waals surface area contributed by atoms with E-state index in [1.807, 2.05) is 12.1 Å². The van der Waals surface area contributed by atoms with Gasteiger partial charge in [-0.3, -0.25) is 0 Å². The fraction of sp³-hybridized carbons (Fsp3) is 0.500. The zero-order valence-electron chi connectivity index (χ0n) is 17.4. The maximum atomic E-state index is 14.7. The SMILES string of the molecule is CC(C)Cc1ccc(-c2cc(OC(F)(F)F)ccc2F)c([C@@H]2CCCC2(C)C)c1. The van der Waals surface area contributed by atoms with Crippen molar-refractivity contribution >= 4 is 0 Å². The Bertz CT molecular complexity index is 868. The van der Waals surface area contributed by atoms with E-state index in [2.05, 4.69) is 38.5 Å². The molecule has 0 heterocycles. The molecule has 1 nitrogen and oxygen atoms in total. The van der Waals surface area contributed by atoms with Gasteiger partial charge in [-0.05, 0) is 71.4 Å². The molecule has 0 aromatic heterocycles.